The van der Waals surface area contributed by atoms with E-state index in [-0.39, 0.29) is 11.4 Å². The van der Waals surface area contributed by atoms with Crippen LogP contribution < -0.4 is 5.73 Å². The number of rotatable bonds is 3. The van der Waals surface area contributed by atoms with Crippen LogP contribution in [0.1, 0.15) is 0 Å². The van der Waals surface area contributed by atoms with Crippen molar-refractivity contribution in [1.29, 1.82) is 0 Å². The first kappa shape index (κ1) is 10.5. The number of hydrogen-bond acceptors (Lipinski definition) is 6. The van der Waals surface area contributed by atoms with Gasteiger partial charge in [-0.25, -0.2) is 4.98 Å². The lowest BCUT2D eigenvalue weighted by atomic mass is 10.3. The van der Waals surface area contributed by atoms with Gasteiger partial charge in [-0.2, -0.15) is 0 Å². The second-order valence-electron chi connectivity index (χ2n) is 2.85. The summed E-state index contributed by atoms with van der Waals surface area (Å²) in [6.07, 6.45) is 2.88. The number of nitrogens with zero attached hydrogens (tertiary/aromatic N) is 2. The van der Waals surface area contributed by atoms with Crippen LogP contribution >= 0.6 is 11.8 Å². The molecule has 0 atom stereocenters. The summed E-state index contributed by atoms with van der Waals surface area (Å²) < 4.78 is 5.00. The number of hydrogen-bond donors (Lipinski definition) is 1. The number of aromatic nitrogens is 1. The highest BCUT2D eigenvalue weighted by molar-refractivity contribution is 7.99. The molecule has 0 saturated heterocycles. The van der Waals surface area contributed by atoms with Gasteiger partial charge in [-0.3, -0.25) is 10.1 Å². The summed E-state index contributed by atoms with van der Waals surface area (Å²) >= 11 is 1.06. The van der Waals surface area contributed by atoms with Crippen molar-refractivity contribution in [2.24, 2.45) is 0 Å². The Morgan fingerprint density at radius 2 is 2.31 bits per heavy atom. The van der Waals surface area contributed by atoms with Gasteiger partial charge in [0.1, 0.15) is 12.0 Å². The lowest BCUT2D eigenvalue weighted by Gasteiger charge is -2.01. The zero-order valence-corrected chi connectivity index (χ0v) is 8.81. The van der Waals surface area contributed by atoms with Crippen LogP contribution in [0.5, 0.6) is 0 Å². The van der Waals surface area contributed by atoms with Gasteiger partial charge in [0.2, 0.25) is 0 Å². The number of nitro benzene ring substituents is 1. The Kier molecular flexibility index (Phi) is 2.78. The zero-order valence-electron chi connectivity index (χ0n) is 7.99. The van der Waals surface area contributed by atoms with Crippen LogP contribution in [0.2, 0.25) is 0 Å². The van der Waals surface area contributed by atoms with E-state index in [1.807, 2.05) is 0 Å². The molecule has 0 aliphatic heterocycles. The molecule has 0 unspecified atom stereocenters. The highest BCUT2D eigenvalue weighted by Gasteiger charge is 2.19. The van der Waals surface area contributed by atoms with E-state index < -0.39 is 4.92 Å². The Balaban J connectivity index is 2.40. The van der Waals surface area contributed by atoms with E-state index in [9.17, 15) is 10.1 Å². The van der Waals surface area contributed by atoms with Gasteiger partial charge in [-0.1, -0.05) is 6.07 Å². The van der Waals surface area contributed by atoms with Crippen molar-refractivity contribution in [1.82, 2.24) is 4.98 Å². The Bertz CT molecular complexity index is 513. The molecular formula is C9H7N3O3S. The summed E-state index contributed by atoms with van der Waals surface area (Å²) in [5, 5.41) is 11.2. The number of oxazole rings is 1. The molecule has 0 aliphatic carbocycles. The molecule has 0 amide bonds. The summed E-state index contributed by atoms with van der Waals surface area (Å²) in [5.41, 5.74) is 5.55. The average molecular weight is 237 g/mol. The fourth-order valence-electron chi connectivity index (χ4n) is 1.17. The van der Waals surface area contributed by atoms with E-state index >= 15 is 0 Å². The third-order valence-corrected chi connectivity index (χ3v) is 2.75. The molecule has 7 heteroatoms. The molecule has 0 aliphatic rings. The third kappa shape index (κ3) is 1.98. The van der Waals surface area contributed by atoms with Gasteiger partial charge in [-0.05, 0) is 23.9 Å². The molecule has 0 saturated carbocycles. The Morgan fingerprint density at radius 1 is 1.50 bits per heavy atom. The lowest BCUT2D eigenvalue weighted by Crippen LogP contribution is -1.97. The van der Waals surface area contributed by atoms with Gasteiger partial charge >= 0.3 is 5.69 Å². The van der Waals surface area contributed by atoms with Crippen molar-refractivity contribution in [3.8, 4) is 0 Å². The summed E-state index contributed by atoms with van der Waals surface area (Å²) in [7, 11) is 0. The van der Waals surface area contributed by atoms with Crippen LogP contribution in [0.15, 0.2) is 45.2 Å². The average Bonchev–Trinajstić information content (AvgIpc) is 2.70. The Hall–Kier alpha value is -2.02. The van der Waals surface area contributed by atoms with Gasteiger partial charge in [0, 0.05) is 0 Å². The number of nitrogens with two attached hydrogens (primary N) is 1. The molecule has 0 fully saturated rings. The molecule has 0 spiro atoms. The lowest BCUT2D eigenvalue weighted by molar-refractivity contribution is -0.386. The highest BCUT2D eigenvalue weighted by atomic mass is 32.2. The fourth-order valence-corrected chi connectivity index (χ4v) is 2.01. The van der Waals surface area contributed by atoms with Gasteiger partial charge < -0.3 is 10.2 Å². The van der Waals surface area contributed by atoms with Crippen molar-refractivity contribution < 1.29 is 9.34 Å². The largest absolute Gasteiger partial charge is 0.440 e. The summed E-state index contributed by atoms with van der Waals surface area (Å²) in [6, 6.07) is 4.73. The topological polar surface area (TPSA) is 95.2 Å². The highest BCUT2D eigenvalue weighted by Crippen LogP contribution is 2.37. The van der Waals surface area contributed by atoms with E-state index in [0.717, 1.165) is 11.8 Å². The number of nitrogen functional groups attached to an aromatic ring is 1. The molecule has 82 valence electrons. The second-order valence-corrected chi connectivity index (χ2v) is 3.84. The molecule has 1 heterocycles. The minimum Gasteiger partial charge on any atom is -0.440 e. The molecule has 1 aromatic heterocycles. The summed E-state index contributed by atoms with van der Waals surface area (Å²) in [5.74, 6) is 0. The van der Waals surface area contributed by atoms with Crippen LogP contribution in [0.4, 0.5) is 11.4 Å². The zero-order chi connectivity index (χ0) is 11.5. The van der Waals surface area contributed by atoms with E-state index in [4.69, 9.17) is 10.2 Å². The van der Waals surface area contributed by atoms with Crippen LogP contribution in [-0.4, -0.2) is 9.91 Å². The van der Waals surface area contributed by atoms with Gasteiger partial charge in [0.25, 0.3) is 5.22 Å². The predicted octanol–water partition coefficient (Wildman–Crippen LogP) is 2.32. The molecule has 2 N–H and O–H groups in total. The first-order chi connectivity index (χ1) is 7.68. The van der Waals surface area contributed by atoms with E-state index in [1.165, 1.54) is 18.5 Å². The minimum atomic E-state index is -0.513. The van der Waals surface area contributed by atoms with E-state index in [1.54, 1.807) is 12.1 Å². The molecule has 2 rings (SSSR count). The number of nitro groups is 1. The van der Waals surface area contributed by atoms with E-state index in [0.29, 0.717) is 10.1 Å². The first-order valence-electron chi connectivity index (χ1n) is 4.28. The quantitative estimate of drug-likeness (QED) is 0.500. The normalized spacial score (nSPS) is 10.2. The van der Waals surface area contributed by atoms with Crippen molar-refractivity contribution in [3.63, 3.8) is 0 Å². The van der Waals surface area contributed by atoms with Gasteiger partial charge in [0.15, 0.2) is 0 Å². The monoisotopic (exact) mass is 237 g/mol. The maximum absolute atomic E-state index is 10.8. The summed E-state index contributed by atoms with van der Waals surface area (Å²) in [6.45, 7) is 0. The first-order valence-corrected chi connectivity index (χ1v) is 5.10. The number of para-hydroxylation sites is 1. The van der Waals surface area contributed by atoms with Crippen molar-refractivity contribution >= 4 is 23.1 Å². The van der Waals surface area contributed by atoms with Crippen LogP contribution in [0.25, 0.3) is 0 Å². The maximum atomic E-state index is 10.8. The minimum absolute atomic E-state index is 0.120. The maximum Gasteiger partial charge on any atom is 0.306 e. The smallest absolute Gasteiger partial charge is 0.306 e. The fraction of sp³-hybridized carbons (Fsp3) is 0. The Morgan fingerprint density at radius 3 is 2.94 bits per heavy atom. The van der Waals surface area contributed by atoms with Crippen LogP contribution in [0.3, 0.4) is 0 Å². The van der Waals surface area contributed by atoms with Crippen molar-refractivity contribution in [3.05, 3.63) is 40.8 Å². The standard InChI is InChI=1S/C9H7N3O3S/c10-6-2-1-3-7(8(6)12(13)14)16-9-11-4-5-15-9/h1-5H,10H2. The van der Waals surface area contributed by atoms with Crippen molar-refractivity contribution in [2.45, 2.75) is 10.1 Å². The third-order valence-electron chi connectivity index (χ3n) is 1.82. The second kappa shape index (κ2) is 4.23. The van der Waals surface area contributed by atoms with Gasteiger partial charge in [0.05, 0.1) is 16.0 Å². The van der Waals surface area contributed by atoms with Crippen LogP contribution in [-0.2, 0) is 0 Å². The molecule has 0 radical (unpaired) electrons. The van der Waals surface area contributed by atoms with E-state index in [2.05, 4.69) is 4.98 Å². The Labute approximate surface area is 94.6 Å². The summed E-state index contributed by atoms with van der Waals surface area (Å²) in [4.78, 5) is 14.6. The molecule has 2 aromatic rings. The number of anilines is 1. The predicted molar refractivity (Wildman–Crippen MR) is 58.1 cm³/mol. The van der Waals surface area contributed by atoms with Crippen LogP contribution in [0, 0.1) is 10.1 Å². The molecule has 1 aromatic carbocycles. The molecular weight excluding hydrogens is 230 g/mol. The SMILES string of the molecule is Nc1cccc(Sc2ncco2)c1[N+](=O)[O-]. The van der Waals surface area contributed by atoms with Crippen molar-refractivity contribution in [2.75, 3.05) is 5.73 Å². The number of benzene rings is 1. The molecule has 0 bridgehead atoms. The van der Waals surface area contributed by atoms with Gasteiger partial charge in [-0.15, -0.1) is 0 Å². The molecule has 6 nitrogen and oxygen atoms in total. The molecule has 16 heavy (non-hydrogen) atoms.